The van der Waals surface area contributed by atoms with E-state index in [4.69, 9.17) is 0 Å². The van der Waals surface area contributed by atoms with Gasteiger partial charge in [0.2, 0.25) is 0 Å². The maximum Gasteiger partial charge on any atom is 0.0391 e. The second-order valence-corrected chi connectivity index (χ2v) is 6.21. The molecule has 1 N–H and O–H groups in total. The van der Waals surface area contributed by atoms with Gasteiger partial charge in [0, 0.05) is 21.8 Å². The Balaban J connectivity index is 2.00. The zero-order valence-corrected chi connectivity index (χ0v) is 11.5. The predicted octanol–water partition coefficient (Wildman–Crippen LogP) is 4.53. The van der Waals surface area contributed by atoms with Crippen LogP contribution in [0.4, 0.5) is 0 Å². The van der Waals surface area contributed by atoms with Crippen LogP contribution in [0.15, 0.2) is 29.0 Å². The molecule has 86 valence electrons. The molecule has 2 unspecified atom stereocenters. The van der Waals surface area contributed by atoms with E-state index in [2.05, 4.69) is 55.0 Å². The summed E-state index contributed by atoms with van der Waals surface area (Å²) < 4.78 is 0. The van der Waals surface area contributed by atoms with Gasteiger partial charge in [-0.2, -0.15) is 11.3 Å². The van der Waals surface area contributed by atoms with E-state index >= 15 is 0 Å². The van der Waals surface area contributed by atoms with Crippen molar-refractivity contribution in [2.75, 3.05) is 0 Å². The van der Waals surface area contributed by atoms with E-state index in [-0.39, 0.29) is 0 Å². The van der Waals surface area contributed by atoms with E-state index in [9.17, 15) is 0 Å². The lowest BCUT2D eigenvalue weighted by molar-refractivity contribution is 0.501. The Kier molecular flexibility index (Phi) is 3.79. The molecule has 2 atom stereocenters. The highest BCUT2D eigenvalue weighted by atomic mass is 32.1. The second-order valence-electron chi connectivity index (χ2n) is 4.12. The summed E-state index contributed by atoms with van der Waals surface area (Å²) in [6, 6.07) is 7.44. The summed E-state index contributed by atoms with van der Waals surface area (Å²) >= 11 is 3.63. The van der Waals surface area contributed by atoms with Crippen LogP contribution in [-0.2, 0) is 0 Å². The maximum atomic E-state index is 3.63. The normalized spacial score (nSPS) is 14.9. The van der Waals surface area contributed by atoms with E-state index in [0.29, 0.717) is 12.1 Å². The molecular formula is C13H17NS2. The molecule has 0 aliphatic rings. The number of hydrogen-bond acceptors (Lipinski definition) is 3. The molecule has 0 saturated carbocycles. The Hall–Kier alpha value is -0.640. The lowest BCUT2D eigenvalue weighted by Gasteiger charge is -2.18. The highest BCUT2D eigenvalue weighted by Crippen LogP contribution is 2.25. The SMILES string of the molecule is Cc1ccc(C(C)NC(C)c2ccsc2)s1. The molecule has 0 spiro atoms. The second kappa shape index (κ2) is 5.13. The molecule has 2 heterocycles. The number of thiophene rings is 2. The number of hydrogen-bond donors (Lipinski definition) is 1. The first-order valence-corrected chi connectivity index (χ1v) is 7.27. The van der Waals surface area contributed by atoms with Crippen LogP contribution < -0.4 is 5.32 Å². The van der Waals surface area contributed by atoms with E-state index in [1.807, 2.05) is 11.3 Å². The van der Waals surface area contributed by atoms with Crippen LogP contribution in [0.2, 0.25) is 0 Å². The van der Waals surface area contributed by atoms with Gasteiger partial charge in [-0.25, -0.2) is 0 Å². The molecule has 0 amide bonds. The monoisotopic (exact) mass is 251 g/mol. The number of aryl methyl sites for hydroxylation is 1. The van der Waals surface area contributed by atoms with Crippen molar-refractivity contribution in [1.29, 1.82) is 0 Å². The summed E-state index contributed by atoms with van der Waals surface area (Å²) in [6.45, 7) is 6.61. The van der Waals surface area contributed by atoms with Crippen LogP contribution in [0.25, 0.3) is 0 Å². The molecule has 2 aromatic heterocycles. The molecule has 0 aliphatic carbocycles. The topological polar surface area (TPSA) is 12.0 Å². The third-order valence-electron chi connectivity index (χ3n) is 2.73. The van der Waals surface area contributed by atoms with Crippen molar-refractivity contribution in [2.24, 2.45) is 0 Å². The van der Waals surface area contributed by atoms with Crippen LogP contribution in [0.3, 0.4) is 0 Å². The molecule has 1 nitrogen and oxygen atoms in total. The molecule has 16 heavy (non-hydrogen) atoms. The van der Waals surface area contributed by atoms with Crippen molar-refractivity contribution in [3.05, 3.63) is 44.3 Å². The zero-order chi connectivity index (χ0) is 11.5. The summed E-state index contributed by atoms with van der Waals surface area (Å²) in [7, 11) is 0. The molecule has 2 aromatic rings. The Morgan fingerprint density at radius 2 is 1.94 bits per heavy atom. The van der Waals surface area contributed by atoms with Crippen molar-refractivity contribution in [3.8, 4) is 0 Å². The standard InChI is InChI=1S/C13H17NS2/c1-9-4-5-13(16-9)11(3)14-10(2)12-6-7-15-8-12/h4-8,10-11,14H,1-3H3. The summed E-state index contributed by atoms with van der Waals surface area (Å²) in [5.41, 5.74) is 1.38. The highest BCUT2D eigenvalue weighted by molar-refractivity contribution is 7.12. The van der Waals surface area contributed by atoms with Gasteiger partial charge in [0.15, 0.2) is 0 Å². The highest BCUT2D eigenvalue weighted by Gasteiger charge is 2.12. The van der Waals surface area contributed by atoms with Crippen LogP contribution >= 0.6 is 22.7 Å². The minimum Gasteiger partial charge on any atom is -0.303 e. The summed E-state index contributed by atoms with van der Waals surface area (Å²) in [6.07, 6.45) is 0. The van der Waals surface area contributed by atoms with E-state index in [0.717, 1.165) is 0 Å². The number of rotatable bonds is 4. The van der Waals surface area contributed by atoms with Crippen LogP contribution in [0.1, 0.15) is 41.2 Å². The summed E-state index contributed by atoms with van der Waals surface area (Å²) in [5, 5.41) is 7.97. The zero-order valence-electron chi connectivity index (χ0n) is 9.86. The van der Waals surface area contributed by atoms with Gasteiger partial charge < -0.3 is 5.32 Å². The summed E-state index contributed by atoms with van der Waals surface area (Å²) in [5.74, 6) is 0. The molecule has 0 saturated heterocycles. The van der Waals surface area contributed by atoms with Gasteiger partial charge in [-0.15, -0.1) is 11.3 Å². The van der Waals surface area contributed by atoms with Crippen LogP contribution in [-0.4, -0.2) is 0 Å². The molecule has 2 rings (SSSR count). The molecule has 0 aliphatic heterocycles. The lowest BCUT2D eigenvalue weighted by Crippen LogP contribution is -2.21. The van der Waals surface area contributed by atoms with Gasteiger partial charge in [0.25, 0.3) is 0 Å². The van der Waals surface area contributed by atoms with E-state index in [1.54, 1.807) is 11.3 Å². The third-order valence-corrected chi connectivity index (χ3v) is 4.62. The Morgan fingerprint density at radius 3 is 2.50 bits per heavy atom. The van der Waals surface area contributed by atoms with Crippen molar-refractivity contribution in [3.63, 3.8) is 0 Å². The number of nitrogens with one attached hydrogen (secondary N) is 1. The molecule has 0 fully saturated rings. The Labute approximate surface area is 105 Å². The molecule has 0 aromatic carbocycles. The fourth-order valence-corrected chi connectivity index (χ4v) is 3.40. The Bertz CT molecular complexity index is 430. The average Bonchev–Trinajstić information content (AvgIpc) is 2.87. The third kappa shape index (κ3) is 2.73. The van der Waals surface area contributed by atoms with Gasteiger partial charge in [-0.1, -0.05) is 0 Å². The van der Waals surface area contributed by atoms with Crippen molar-refractivity contribution in [1.82, 2.24) is 5.32 Å². The van der Waals surface area contributed by atoms with Gasteiger partial charge >= 0.3 is 0 Å². The maximum absolute atomic E-state index is 3.63. The van der Waals surface area contributed by atoms with Crippen molar-refractivity contribution in [2.45, 2.75) is 32.9 Å². The largest absolute Gasteiger partial charge is 0.303 e. The molecule has 3 heteroatoms. The Morgan fingerprint density at radius 1 is 1.12 bits per heavy atom. The van der Waals surface area contributed by atoms with Crippen LogP contribution in [0.5, 0.6) is 0 Å². The fraction of sp³-hybridized carbons (Fsp3) is 0.385. The van der Waals surface area contributed by atoms with Gasteiger partial charge in [0.05, 0.1) is 0 Å². The van der Waals surface area contributed by atoms with E-state index in [1.165, 1.54) is 15.3 Å². The molecular weight excluding hydrogens is 234 g/mol. The smallest absolute Gasteiger partial charge is 0.0391 e. The van der Waals surface area contributed by atoms with Crippen molar-refractivity contribution < 1.29 is 0 Å². The molecule has 0 bridgehead atoms. The first-order chi connectivity index (χ1) is 7.66. The quantitative estimate of drug-likeness (QED) is 0.842. The van der Waals surface area contributed by atoms with Crippen LogP contribution in [0, 0.1) is 6.92 Å². The van der Waals surface area contributed by atoms with Gasteiger partial charge in [0.1, 0.15) is 0 Å². The average molecular weight is 251 g/mol. The minimum absolute atomic E-state index is 0.420. The summed E-state index contributed by atoms with van der Waals surface area (Å²) in [4.78, 5) is 2.80. The van der Waals surface area contributed by atoms with Crippen molar-refractivity contribution >= 4 is 22.7 Å². The first-order valence-electron chi connectivity index (χ1n) is 5.51. The fourth-order valence-electron chi connectivity index (χ4n) is 1.76. The lowest BCUT2D eigenvalue weighted by atomic mass is 10.1. The van der Waals surface area contributed by atoms with Gasteiger partial charge in [-0.05, 0) is 55.3 Å². The predicted molar refractivity (Wildman–Crippen MR) is 73.3 cm³/mol. The van der Waals surface area contributed by atoms with Gasteiger partial charge in [-0.3, -0.25) is 0 Å². The first kappa shape index (κ1) is 11.8. The minimum atomic E-state index is 0.420. The molecule has 0 radical (unpaired) electrons. The van der Waals surface area contributed by atoms with E-state index < -0.39 is 0 Å².